The Morgan fingerprint density at radius 1 is 1.03 bits per heavy atom. The minimum atomic E-state index is -0.653. The zero-order valence-corrected chi connectivity index (χ0v) is 19.6. The van der Waals surface area contributed by atoms with Crippen LogP contribution in [0.4, 0.5) is 5.82 Å². The summed E-state index contributed by atoms with van der Waals surface area (Å²) in [7, 11) is 1.48. The number of esters is 1. The molecular weight excluding hydrogens is 454 g/mol. The Balaban J connectivity index is 1.45. The standard InChI is InChI=1S/C29H21N3O4/c1-20-10-13-22(14-11-20)24-18-28(32(31-24)23-7-4-3-5-8-23)30-19-21-12-15-25(27(17-21)34-2)36-29(33)26-9-6-16-35-26/h3-11,13-14,16-19H,1-2H3. The number of hydrogen-bond donors (Lipinski definition) is 0. The van der Waals surface area contributed by atoms with Gasteiger partial charge in [-0.05, 0) is 37.3 Å². The second-order valence-corrected chi connectivity index (χ2v) is 7.87. The van der Waals surface area contributed by atoms with Crippen molar-refractivity contribution in [3.63, 3.8) is 0 Å². The largest absolute Gasteiger partial charge is 0.492 e. The van der Waals surface area contributed by atoms with Gasteiger partial charge < -0.3 is 13.9 Å². The second kappa shape index (κ2) is 10.0. The summed E-state index contributed by atoms with van der Waals surface area (Å²) in [6.45, 7) is 2.05. The summed E-state index contributed by atoms with van der Waals surface area (Å²) in [4.78, 5) is 16.9. The van der Waals surface area contributed by atoms with Crippen molar-refractivity contribution >= 4 is 18.0 Å². The van der Waals surface area contributed by atoms with E-state index >= 15 is 0 Å². The number of nitrogens with zero attached hydrogens (tertiary/aromatic N) is 3. The van der Waals surface area contributed by atoms with E-state index in [0.717, 1.165) is 16.9 Å². The molecule has 3 aromatic carbocycles. The van der Waals surface area contributed by atoms with Crippen LogP contribution in [0.15, 0.2) is 94.5 Å². The molecule has 0 unspecified atom stereocenters. The van der Waals surface area contributed by atoms with E-state index in [1.54, 1.807) is 23.0 Å². The van der Waals surface area contributed by atoms with Crippen LogP contribution in [-0.2, 0) is 0 Å². The lowest BCUT2D eigenvalue weighted by Crippen LogP contribution is -2.07. The summed E-state index contributed by atoms with van der Waals surface area (Å²) in [6, 6.07) is 30.4. The van der Waals surface area contributed by atoms with Gasteiger partial charge in [-0.1, -0.05) is 54.1 Å². The first kappa shape index (κ1) is 22.7. The fraction of sp³-hybridized carbons (Fsp3) is 0.0690. The second-order valence-electron chi connectivity index (χ2n) is 7.87. The van der Waals surface area contributed by atoms with Crippen molar-refractivity contribution in [3.8, 4) is 28.4 Å². The number of aryl methyl sites for hydroxylation is 1. The first-order valence-electron chi connectivity index (χ1n) is 11.1. The molecule has 0 amide bonds. The van der Waals surface area contributed by atoms with Crippen LogP contribution in [0.3, 0.4) is 0 Å². The summed E-state index contributed by atoms with van der Waals surface area (Å²) in [5.74, 6) is 0.478. The molecule has 0 aliphatic carbocycles. The smallest absolute Gasteiger partial charge is 0.380 e. The van der Waals surface area contributed by atoms with Crippen LogP contribution in [0.2, 0.25) is 0 Å². The van der Waals surface area contributed by atoms with Gasteiger partial charge in [0.25, 0.3) is 0 Å². The van der Waals surface area contributed by atoms with Gasteiger partial charge >= 0.3 is 5.97 Å². The average Bonchev–Trinajstić information content (AvgIpc) is 3.60. The van der Waals surface area contributed by atoms with Crippen molar-refractivity contribution in [2.45, 2.75) is 6.92 Å². The summed E-state index contributed by atoms with van der Waals surface area (Å²) in [5.41, 5.74) is 4.45. The van der Waals surface area contributed by atoms with Crippen LogP contribution in [0, 0.1) is 19.1 Å². The predicted molar refractivity (Wildman–Crippen MR) is 135 cm³/mol. The van der Waals surface area contributed by atoms with Crippen LogP contribution in [0.5, 0.6) is 11.5 Å². The number of benzene rings is 2. The molecule has 2 heterocycles. The van der Waals surface area contributed by atoms with Gasteiger partial charge in [-0.25, -0.2) is 14.5 Å². The van der Waals surface area contributed by atoms with E-state index in [1.807, 2.05) is 55.5 Å². The van der Waals surface area contributed by atoms with E-state index < -0.39 is 5.97 Å². The summed E-state index contributed by atoms with van der Waals surface area (Å²) >= 11 is 0. The van der Waals surface area contributed by atoms with Gasteiger partial charge in [0, 0.05) is 29.5 Å². The summed E-state index contributed by atoms with van der Waals surface area (Å²) < 4.78 is 17.6. The maximum Gasteiger partial charge on any atom is 0.380 e. The third kappa shape index (κ3) is 4.88. The van der Waals surface area contributed by atoms with Crippen LogP contribution >= 0.6 is 0 Å². The molecule has 5 rings (SSSR count). The first-order chi connectivity index (χ1) is 17.6. The van der Waals surface area contributed by atoms with E-state index in [-0.39, 0.29) is 11.5 Å². The molecule has 7 heteroatoms. The number of carbonyl (C=O) groups is 1. The van der Waals surface area contributed by atoms with Crippen molar-refractivity contribution in [1.29, 1.82) is 0 Å². The maximum atomic E-state index is 12.2. The molecule has 5 aromatic rings. The topological polar surface area (TPSA) is 78.9 Å². The SMILES string of the molecule is COc1cc(C=Nc2cc(-c3ccc(C)cc3)nn2-c2ccccc2)c#cc1OC(=O)c1ccco1. The molecule has 0 saturated carbocycles. The van der Waals surface area contributed by atoms with Crippen molar-refractivity contribution in [2.24, 2.45) is 4.99 Å². The molecule has 176 valence electrons. The molecular formula is C29H21N3O4. The number of ether oxygens (including phenoxy) is 2. The Morgan fingerprint density at radius 3 is 2.56 bits per heavy atom. The molecule has 0 fully saturated rings. The third-order valence-corrected chi connectivity index (χ3v) is 5.34. The lowest BCUT2D eigenvalue weighted by atomic mass is 10.1. The van der Waals surface area contributed by atoms with E-state index in [2.05, 4.69) is 29.3 Å². The Kier molecular flexibility index (Phi) is 6.33. The number of carbonyl (C=O) groups excluding carboxylic acids is 1. The molecule has 0 N–H and O–H groups in total. The van der Waals surface area contributed by atoms with Gasteiger partial charge in [-0.15, -0.1) is 0 Å². The van der Waals surface area contributed by atoms with Crippen molar-refractivity contribution < 1.29 is 18.7 Å². The number of aliphatic imine (C=N–C) groups is 1. The molecule has 2 aromatic heterocycles. The maximum absolute atomic E-state index is 12.2. The number of rotatable bonds is 7. The normalized spacial score (nSPS) is 10.8. The molecule has 0 spiro atoms. The molecule has 0 saturated heterocycles. The van der Waals surface area contributed by atoms with Gasteiger partial charge in [0.05, 0.1) is 24.8 Å². The monoisotopic (exact) mass is 475 g/mol. The van der Waals surface area contributed by atoms with Crippen LogP contribution in [0.1, 0.15) is 21.7 Å². The molecule has 0 atom stereocenters. The number of methoxy groups -OCH3 is 1. The lowest BCUT2D eigenvalue weighted by Gasteiger charge is -2.06. The lowest BCUT2D eigenvalue weighted by molar-refractivity contribution is 0.0696. The molecule has 7 nitrogen and oxygen atoms in total. The third-order valence-electron chi connectivity index (χ3n) is 5.34. The Labute approximate surface area is 208 Å². The van der Waals surface area contributed by atoms with Crippen molar-refractivity contribution in [1.82, 2.24) is 9.78 Å². The van der Waals surface area contributed by atoms with Crippen molar-refractivity contribution in [2.75, 3.05) is 7.11 Å². The summed E-state index contributed by atoms with van der Waals surface area (Å²) in [5, 5.41) is 4.79. The van der Waals surface area contributed by atoms with E-state index in [1.165, 1.54) is 25.0 Å². The summed E-state index contributed by atoms with van der Waals surface area (Å²) in [6.07, 6.45) is 3.03. The van der Waals surface area contributed by atoms with Gasteiger partial charge in [0.1, 0.15) is 0 Å². The minimum absolute atomic E-state index is 0.0784. The Bertz CT molecular complexity index is 1500. The van der Waals surface area contributed by atoms with E-state index in [4.69, 9.17) is 19.0 Å². The van der Waals surface area contributed by atoms with Gasteiger partial charge in [0.15, 0.2) is 11.6 Å². The van der Waals surface area contributed by atoms with Gasteiger partial charge in [-0.3, -0.25) is 0 Å². The quantitative estimate of drug-likeness (QED) is 0.212. The number of para-hydroxylation sites is 1. The number of furan rings is 1. The highest BCUT2D eigenvalue weighted by atomic mass is 16.6. The molecule has 0 aliphatic rings. The molecule has 0 radical (unpaired) electrons. The zero-order chi connectivity index (χ0) is 24.9. The van der Waals surface area contributed by atoms with Gasteiger partial charge in [0.2, 0.25) is 11.5 Å². The van der Waals surface area contributed by atoms with Gasteiger partial charge in [-0.2, -0.15) is 5.10 Å². The Hall–Kier alpha value is -5.09. The minimum Gasteiger partial charge on any atom is -0.492 e. The molecule has 0 aliphatic heterocycles. The zero-order valence-electron chi connectivity index (χ0n) is 19.6. The van der Waals surface area contributed by atoms with Crippen LogP contribution in [-0.4, -0.2) is 29.1 Å². The Morgan fingerprint density at radius 2 is 1.83 bits per heavy atom. The highest BCUT2D eigenvalue weighted by Crippen LogP contribution is 2.28. The fourth-order valence-corrected chi connectivity index (χ4v) is 3.49. The predicted octanol–water partition coefficient (Wildman–Crippen LogP) is 6.02. The average molecular weight is 476 g/mol. The number of aromatic nitrogens is 2. The van der Waals surface area contributed by atoms with E-state index in [0.29, 0.717) is 17.1 Å². The first-order valence-corrected chi connectivity index (χ1v) is 11.1. The van der Waals surface area contributed by atoms with Crippen LogP contribution < -0.4 is 9.47 Å². The highest BCUT2D eigenvalue weighted by Gasteiger charge is 2.15. The molecule has 36 heavy (non-hydrogen) atoms. The van der Waals surface area contributed by atoms with E-state index in [9.17, 15) is 4.79 Å². The number of hydrogen-bond acceptors (Lipinski definition) is 6. The molecule has 0 bridgehead atoms. The van der Waals surface area contributed by atoms with Crippen molar-refractivity contribution in [3.05, 3.63) is 114 Å². The van der Waals surface area contributed by atoms with Crippen LogP contribution in [0.25, 0.3) is 16.9 Å². The highest BCUT2D eigenvalue weighted by molar-refractivity contribution is 5.88. The fourth-order valence-electron chi connectivity index (χ4n) is 3.49.